The van der Waals surface area contributed by atoms with Crippen LogP contribution in [0.5, 0.6) is 0 Å². The summed E-state index contributed by atoms with van der Waals surface area (Å²) in [4.78, 5) is 40.9. The highest BCUT2D eigenvalue weighted by atomic mass is 32.1. The molecule has 0 saturated heterocycles. The van der Waals surface area contributed by atoms with Crippen LogP contribution < -0.4 is 11.1 Å². The summed E-state index contributed by atoms with van der Waals surface area (Å²) in [7, 11) is 0. The van der Waals surface area contributed by atoms with Crippen molar-refractivity contribution in [2.75, 3.05) is 0 Å². The van der Waals surface area contributed by atoms with Crippen LogP contribution in [-0.2, 0) is 12.8 Å². The van der Waals surface area contributed by atoms with Gasteiger partial charge < -0.3 is 0 Å². The fraction of sp³-hybridized carbons (Fsp3) is 0.444. The summed E-state index contributed by atoms with van der Waals surface area (Å²) < 4.78 is 5.36. The highest BCUT2D eigenvalue weighted by Gasteiger charge is 2.30. The molecule has 0 bridgehead atoms. The number of benzene rings is 1. The second-order valence-corrected chi connectivity index (χ2v) is 15.4. The Morgan fingerprint density at radius 1 is 0.578 bits per heavy atom. The van der Waals surface area contributed by atoms with E-state index in [0.29, 0.717) is 5.65 Å². The molecule has 1 aromatic carbocycles. The molecule has 232 valence electrons. The highest BCUT2D eigenvalue weighted by Crippen LogP contribution is 2.46. The Morgan fingerprint density at radius 3 is 1.71 bits per heavy atom. The van der Waals surface area contributed by atoms with E-state index in [9.17, 15) is 9.59 Å². The van der Waals surface area contributed by atoms with Gasteiger partial charge in [0.25, 0.3) is 11.1 Å². The molecule has 7 heterocycles. The van der Waals surface area contributed by atoms with Gasteiger partial charge in [-0.05, 0) is 59.7 Å². The standard InChI is InChI=1S/C36H38N4O2S3/c1-3-5-7-9-11-13-15-21-22(16-14-12-10-8-6-4-2)26-28-27-25(21)31-37-33-23(17-19-43-33)39(31)36(42)30(27)45-29(28)32-38-34-24(18-20-44-34)40(32)35(26)41/h17-20H,3-16H2,1-2H3. The van der Waals surface area contributed by atoms with Crippen LogP contribution in [0.3, 0.4) is 0 Å². The van der Waals surface area contributed by atoms with E-state index in [4.69, 9.17) is 9.97 Å². The fourth-order valence-electron chi connectivity index (χ4n) is 7.58. The van der Waals surface area contributed by atoms with Crippen LogP contribution in [0.25, 0.3) is 62.9 Å². The summed E-state index contributed by atoms with van der Waals surface area (Å²) in [6.07, 6.45) is 16.2. The van der Waals surface area contributed by atoms with Gasteiger partial charge in [0.1, 0.15) is 20.0 Å². The average molecular weight is 655 g/mol. The third kappa shape index (κ3) is 4.52. The molecule has 0 aliphatic heterocycles. The fourth-order valence-corrected chi connectivity index (χ4v) is 10.3. The van der Waals surface area contributed by atoms with Gasteiger partial charge in [0.05, 0.1) is 21.1 Å². The van der Waals surface area contributed by atoms with E-state index in [2.05, 4.69) is 13.8 Å². The summed E-state index contributed by atoms with van der Waals surface area (Å²) in [5.74, 6) is 0. The number of aryl methyl sites for hydroxylation is 2. The predicted molar refractivity (Wildman–Crippen MR) is 194 cm³/mol. The maximum Gasteiger partial charge on any atom is 0.274 e. The molecule has 0 atom stereocenters. The lowest BCUT2D eigenvalue weighted by atomic mass is 9.87. The molecule has 0 spiro atoms. The van der Waals surface area contributed by atoms with Crippen molar-refractivity contribution in [2.45, 2.75) is 104 Å². The molecule has 6 nitrogen and oxygen atoms in total. The third-order valence-electron chi connectivity index (χ3n) is 9.75. The van der Waals surface area contributed by atoms with Crippen molar-refractivity contribution in [1.82, 2.24) is 18.8 Å². The van der Waals surface area contributed by atoms with E-state index >= 15 is 0 Å². The number of pyridine rings is 2. The first-order valence-electron chi connectivity index (χ1n) is 16.8. The second kappa shape index (κ2) is 11.9. The molecule has 0 saturated carbocycles. The number of rotatable bonds is 14. The predicted octanol–water partition coefficient (Wildman–Crippen LogP) is 10.3. The Labute approximate surface area is 273 Å². The first-order valence-corrected chi connectivity index (χ1v) is 19.4. The summed E-state index contributed by atoms with van der Waals surface area (Å²) in [5, 5.41) is 7.82. The summed E-state index contributed by atoms with van der Waals surface area (Å²) >= 11 is 4.67. The monoisotopic (exact) mass is 654 g/mol. The third-order valence-corrected chi connectivity index (χ3v) is 12.5. The first-order chi connectivity index (χ1) is 22.1. The van der Waals surface area contributed by atoms with E-state index in [1.165, 1.54) is 80.3 Å². The number of unbranched alkanes of at least 4 members (excludes halogenated alkanes) is 10. The Kier molecular flexibility index (Phi) is 7.74. The van der Waals surface area contributed by atoms with Gasteiger partial charge in [-0.3, -0.25) is 18.4 Å². The number of fused-ring (bicyclic) bond motifs is 8. The molecule has 0 N–H and O–H groups in total. The number of nitrogens with zero attached hydrogens (tertiary/aromatic N) is 4. The molecule has 0 fully saturated rings. The van der Waals surface area contributed by atoms with Crippen molar-refractivity contribution in [3.8, 4) is 0 Å². The Balaban J connectivity index is 1.44. The molecular weight excluding hydrogens is 617 g/mol. The van der Waals surface area contributed by atoms with Crippen LogP contribution in [0.15, 0.2) is 32.5 Å². The molecule has 9 heteroatoms. The zero-order chi connectivity index (χ0) is 30.7. The zero-order valence-corrected chi connectivity index (χ0v) is 28.5. The molecular formula is C36H38N4O2S3. The first kappa shape index (κ1) is 29.3. The minimum atomic E-state index is -0.0333. The molecule has 8 rings (SSSR count). The van der Waals surface area contributed by atoms with E-state index < -0.39 is 0 Å². The number of aromatic nitrogens is 4. The van der Waals surface area contributed by atoms with Gasteiger partial charge in [0.2, 0.25) is 0 Å². The Bertz CT molecular complexity index is 2430. The van der Waals surface area contributed by atoms with Gasteiger partial charge >= 0.3 is 0 Å². The van der Waals surface area contributed by atoms with Crippen molar-refractivity contribution >= 4 is 96.9 Å². The van der Waals surface area contributed by atoms with Crippen LogP contribution in [-0.4, -0.2) is 18.8 Å². The molecule has 45 heavy (non-hydrogen) atoms. The summed E-state index contributed by atoms with van der Waals surface area (Å²) in [5.41, 5.74) is 5.62. The molecule has 8 aromatic rings. The smallest absolute Gasteiger partial charge is 0.268 e. The van der Waals surface area contributed by atoms with Gasteiger partial charge in [-0.15, -0.1) is 34.0 Å². The largest absolute Gasteiger partial charge is 0.274 e. The van der Waals surface area contributed by atoms with E-state index in [1.54, 1.807) is 22.7 Å². The average Bonchev–Trinajstić information content (AvgIpc) is 3.85. The lowest BCUT2D eigenvalue weighted by Gasteiger charge is -2.18. The molecule has 0 amide bonds. The van der Waals surface area contributed by atoms with Gasteiger partial charge in [-0.2, -0.15) is 0 Å². The van der Waals surface area contributed by atoms with Gasteiger partial charge in [0, 0.05) is 16.2 Å². The minimum Gasteiger partial charge on any atom is -0.268 e. The highest BCUT2D eigenvalue weighted by molar-refractivity contribution is 7.27. The van der Waals surface area contributed by atoms with Crippen molar-refractivity contribution in [1.29, 1.82) is 0 Å². The molecule has 0 radical (unpaired) electrons. The lowest BCUT2D eigenvalue weighted by molar-refractivity contribution is 0.600. The lowest BCUT2D eigenvalue weighted by Crippen LogP contribution is -2.17. The SMILES string of the molecule is CCCCCCCCc1c(CCCCCCCC)c2c3c(sc4c3c1c(=O)n1c3ccsc3nc41)c(=O)n1c3ccsc3nc21. The number of hydrogen-bond donors (Lipinski definition) is 0. The molecule has 7 aromatic heterocycles. The molecule has 0 aliphatic rings. The quantitative estimate of drug-likeness (QED) is 0.0864. The number of thiophene rings is 3. The number of hydrogen-bond acceptors (Lipinski definition) is 7. The normalized spacial score (nSPS) is 12.8. The zero-order valence-electron chi connectivity index (χ0n) is 26.0. The maximum atomic E-state index is 14.7. The summed E-state index contributed by atoms with van der Waals surface area (Å²) in [6.45, 7) is 4.51. The molecule has 0 aliphatic carbocycles. The van der Waals surface area contributed by atoms with Crippen LogP contribution >= 0.6 is 34.0 Å². The van der Waals surface area contributed by atoms with Crippen LogP contribution in [0.2, 0.25) is 0 Å². The topological polar surface area (TPSA) is 68.7 Å². The van der Waals surface area contributed by atoms with Crippen molar-refractivity contribution in [3.05, 3.63) is 54.7 Å². The van der Waals surface area contributed by atoms with E-state index in [0.717, 1.165) is 89.4 Å². The van der Waals surface area contributed by atoms with Crippen molar-refractivity contribution < 1.29 is 0 Å². The van der Waals surface area contributed by atoms with E-state index in [-0.39, 0.29) is 11.1 Å². The van der Waals surface area contributed by atoms with Crippen molar-refractivity contribution in [3.63, 3.8) is 0 Å². The minimum absolute atomic E-state index is 0.0156. The Hall–Kier alpha value is -3.14. The summed E-state index contributed by atoms with van der Waals surface area (Å²) in [6, 6.07) is 4.03. The molecule has 0 unspecified atom stereocenters. The van der Waals surface area contributed by atoms with Crippen molar-refractivity contribution in [2.24, 2.45) is 0 Å². The van der Waals surface area contributed by atoms with E-state index in [1.807, 2.05) is 31.7 Å². The van der Waals surface area contributed by atoms with Gasteiger partial charge in [-0.25, -0.2) is 9.97 Å². The van der Waals surface area contributed by atoms with Gasteiger partial charge in [-0.1, -0.05) is 78.1 Å². The Morgan fingerprint density at radius 2 is 1.09 bits per heavy atom. The van der Waals surface area contributed by atoms with Gasteiger partial charge in [0.15, 0.2) is 5.65 Å². The van der Waals surface area contributed by atoms with Crippen LogP contribution in [0, 0.1) is 0 Å². The number of imidazole rings is 2. The van der Waals surface area contributed by atoms with Crippen LogP contribution in [0.4, 0.5) is 0 Å². The second-order valence-electron chi connectivity index (χ2n) is 12.6. The maximum absolute atomic E-state index is 14.7. The van der Waals surface area contributed by atoms with Crippen LogP contribution in [0.1, 0.15) is 102 Å².